The van der Waals surface area contributed by atoms with Gasteiger partial charge in [0.25, 0.3) is 0 Å². The highest BCUT2D eigenvalue weighted by Gasteiger charge is 2.66. The second-order valence-corrected chi connectivity index (χ2v) is 52.1. The fraction of sp³-hybridized carbons (Fsp3) is 0.916. The third kappa shape index (κ3) is 24.0. The molecular weight excluding hydrogens is 1760 g/mol. The molecule has 8 saturated heterocycles. The zero-order valence-corrected chi connectivity index (χ0v) is 90.3. The van der Waals surface area contributed by atoms with Crippen molar-refractivity contribution in [3.63, 3.8) is 0 Å². The first-order chi connectivity index (χ1) is 67.3. The highest BCUT2D eigenvalue weighted by atomic mass is 16.7. The first-order valence-electron chi connectivity index (χ1n) is 58.4. The number of allylic oxidation sites excluding steroid dienone is 4. The van der Waals surface area contributed by atoms with E-state index in [1.165, 1.54) is 183 Å². The maximum absolute atomic E-state index is 12.4. The number of hydrogen-bond acceptors (Lipinski definition) is 20. The molecule has 140 heavy (non-hydrogen) atoms. The van der Waals surface area contributed by atoms with Gasteiger partial charge in [-0.1, -0.05) is 155 Å². The van der Waals surface area contributed by atoms with E-state index >= 15 is 0 Å². The molecule has 12 aliphatic carbocycles. The van der Waals surface area contributed by atoms with Gasteiger partial charge in [0, 0.05) is 118 Å². The van der Waals surface area contributed by atoms with Crippen LogP contribution in [0, 0.1) is 114 Å². The van der Waals surface area contributed by atoms with Gasteiger partial charge in [-0.05, 0) is 341 Å². The lowest BCUT2D eigenvalue weighted by atomic mass is 9.46. The number of nitrogens with one attached hydrogen (secondary N) is 1. The van der Waals surface area contributed by atoms with Crippen LogP contribution in [0.4, 0.5) is 4.79 Å². The molecule has 8 aliphatic heterocycles. The Morgan fingerprint density at radius 1 is 0.379 bits per heavy atom. The summed E-state index contributed by atoms with van der Waals surface area (Å²) in [6.45, 7) is 62.0. The molecule has 796 valence electrons. The van der Waals surface area contributed by atoms with Crippen molar-refractivity contribution >= 4 is 12.1 Å². The van der Waals surface area contributed by atoms with Crippen molar-refractivity contribution in [3.8, 4) is 0 Å². The van der Waals surface area contributed by atoms with E-state index in [9.17, 15) is 9.59 Å². The predicted molar refractivity (Wildman–Crippen MR) is 551 cm³/mol. The fourth-order valence-electron chi connectivity index (χ4n) is 34.4. The van der Waals surface area contributed by atoms with Crippen molar-refractivity contribution < 1.29 is 81.0 Å². The monoisotopic (exact) mass is 1960 g/mol. The van der Waals surface area contributed by atoms with Crippen LogP contribution in [0.15, 0.2) is 48.6 Å². The average molecular weight is 1960 g/mol. The highest BCUT2D eigenvalue weighted by molar-refractivity contribution is 5.71. The van der Waals surface area contributed by atoms with Crippen molar-refractivity contribution in [2.75, 3.05) is 132 Å². The van der Waals surface area contributed by atoms with Crippen LogP contribution in [0.3, 0.4) is 0 Å². The highest BCUT2D eigenvalue weighted by Crippen LogP contribution is 2.69. The number of fused-ring (bicyclic) bond motifs is 12. The van der Waals surface area contributed by atoms with Gasteiger partial charge in [0.05, 0.1) is 95.0 Å². The summed E-state index contributed by atoms with van der Waals surface area (Å²) in [7, 11) is 0. The number of aliphatic hydroxyl groups excluding tert-OH is 1. The molecule has 12 saturated carbocycles. The van der Waals surface area contributed by atoms with Gasteiger partial charge in [-0.3, -0.25) is 9.69 Å². The third-order valence-electron chi connectivity index (χ3n) is 42.4. The Hall–Kier alpha value is -2.94. The van der Waals surface area contributed by atoms with Crippen LogP contribution in [-0.4, -0.2) is 243 Å². The lowest BCUT2D eigenvalue weighted by molar-refractivity contribution is -0.316. The number of aliphatic hydroxyl groups is 1. The quantitative estimate of drug-likeness (QED) is 0.0644. The first kappa shape index (κ1) is 108. The number of likely N-dealkylation sites (tertiary alicyclic amines) is 3. The number of ether oxygens (including phenoxy) is 14. The molecular formula is C119H198N4O17. The molecule has 0 bridgehead atoms. The summed E-state index contributed by atoms with van der Waals surface area (Å²) < 4.78 is 89.1. The van der Waals surface area contributed by atoms with E-state index in [-0.39, 0.29) is 87.8 Å². The molecule has 20 aliphatic rings. The zero-order valence-electron chi connectivity index (χ0n) is 90.3. The Morgan fingerprint density at radius 2 is 0.657 bits per heavy atom. The largest absolute Gasteiger partial charge is 0.465 e. The second kappa shape index (κ2) is 47.3. The molecule has 4 unspecified atom stereocenters. The van der Waals surface area contributed by atoms with Crippen LogP contribution in [0.25, 0.3) is 0 Å². The van der Waals surface area contributed by atoms with Crippen molar-refractivity contribution in [2.45, 2.75) is 445 Å². The van der Waals surface area contributed by atoms with E-state index in [0.717, 1.165) is 221 Å². The smallest absolute Gasteiger partial charge is 0.410 e. The van der Waals surface area contributed by atoms with Gasteiger partial charge < -0.3 is 86.5 Å². The average Bonchev–Trinajstić information content (AvgIpc) is 0.881. The Kier molecular flexibility index (Phi) is 36.6. The summed E-state index contributed by atoms with van der Waals surface area (Å²) in [5, 5.41) is 12.6. The van der Waals surface area contributed by atoms with E-state index in [4.69, 9.17) is 71.4 Å². The van der Waals surface area contributed by atoms with Crippen LogP contribution in [0.1, 0.15) is 366 Å². The number of carbonyl (C=O) groups excluding carboxylic acids is 2. The van der Waals surface area contributed by atoms with Crippen LogP contribution >= 0.6 is 0 Å². The molecule has 8 heterocycles. The Balaban J connectivity index is 0.000000129. The van der Waals surface area contributed by atoms with Crippen molar-refractivity contribution in [3.05, 3.63) is 48.6 Å². The standard InChI is InChI=1S/C32H53NO5.C31H51NO5.C29H49NO4.C27H45NO3/c1-22-11-12-26-31(5,17-13-27-32(26,6)21-36-28(37-27)23-9-7-8-10-23)25(22)16-20-35-24-14-18-33(19-15-24)29(34)38-30(2,3)4;1-5-34-28(33)20-32-17-13-24(14-18-32)35-19-15-25-22(2)10-11-26-30(25,3)16-12-27-31(26,4)21-36-29(37-27)23-8-6-7-9-23;1-21-8-9-25-28(2,24(21)13-19-32-23-11-15-30(16-12-23)17-18-31)14-10-26-29(25,3)20-33-27(34-26)22-6-4-5-7-22;1-19-8-9-23-26(2,22(19)13-17-29-21-11-15-28-16-12-21)14-10-24-27(23,3)18-30-25(31-24)20-6-4-5-7-20/h23-28H,1,7-21H2,2-6H3;23-27,29H,2,5-21H2,1,3-4H3;22-27,31H,1,4-20H2,2-3H3;20-25,28H,1,4-18H2,2-3H3/t25-,26?,27-,28-,31+,32+;25-,26?,27-,29-,30+,31+;24-,25?,26-,27-,28+,29+;22-,23?,24-,25-,26+,27+/m1111/s1. The number of esters is 1. The first-order valence-corrected chi connectivity index (χ1v) is 58.4. The van der Waals surface area contributed by atoms with Gasteiger partial charge >= 0.3 is 12.1 Å². The topological polar surface area (TPSA) is 205 Å². The third-order valence-corrected chi connectivity index (χ3v) is 42.4. The number of β-amino-alcohol motifs (C(OH)–C–C–N with tert-alkyl or cyclic N) is 1. The minimum absolute atomic E-state index is 0.0180. The van der Waals surface area contributed by atoms with Gasteiger partial charge in [0.2, 0.25) is 0 Å². The number of nitrogens with zero attached hydrogens (tertiary/aromatic N) is 3. The van der Waals surface area contributed by atoms with Gasteiger partial charge in [-0.25, -0.2) is 4.79 Å². The number of piperidine rings is 4. The van der Waals surface area contributed by atoms with E-state index in [1.54, 1.807) is 0 Å². The van der Waals surface area contributed by atoms with E-state index in [1.807, 2.05) is 32.6 Å². The van der Waals surface area contributed by atoms with Crippen LogP contribution < -0.4 is 5.32 Å². The lowest BCUT2D eigenvalue weighted by Crippen LogP contribution is -2.62. The normalized spacial score (nSPS) is 41.4. The minimum Gasteiger partial charge on any atom is -0.465 e. The maximum Gasteiger partial charge on any atom is 0.410 e. The number of carbonyl (C=O) groups is 2. The van der Waals surface area contributed by atoms with Gasteiger partial charge in [0.1, 0.15) is 5.60 Å². The number of amides is 1. The minimum atomic E-state index is -0.454. The van der Waals surface area contributed by atoms with E-state index < -0.39 is 5.60 Å². The molecule has 0 spiro atoms. The maximum atomic E-state index is 12.4. The molecule has 0 aromatic rings. The van der Waals surface area contributed by atoms with Crippen LogP contribution in [-0.2, 0) is 71.1 Å². The summed E-state index contributed by atoms with van der Waals surface area (Å²) in [6.07, 6.45) is 54.9. The van der Waals surface area contributed by atoms with Gasteiger partial charge in [-0.2, -0.15) is 0 Å². The lowest BCUT2D eigenvalue weighted by Gasteiger charge is -2.63. The molecule has 24 atom stereocenters. The fourth-order valence-corrected chi connectivity index (χ4v) is 34.4. The molecule has 0 aromatic heterocycles. The summed E-state index contributed by atoms with van der Waals surface area (Å²) >= 11 is 0. The number of rotatable bonds is 25. The molecule has 21 heteroatoms. The molecule has 0 aromatic carbocycles. The van der Waals surface area contributed by atoms with Crippen LogP contribution in [0.2, 0.25) is 0 Å². The summed E-state index contributed by atoms with van der Waals surface area (Å²) in [5.74, 6) is 6.87. The van der Waals surface area contributed by atoms with Gasteiger partial charge in [-0.15, -0.1) is 0 Å². The molecule has 0 radical (unpaired) electrons. The van der Waals surface area contributed by atoms with E-state index in [0.29, 0.717) is 145 Å². The Morgan fingerprint density at radius 3 is 0.936 bits per heavy atom. The number of hydrogen-bond donors (Lipinski definition) is 2. The van der Waals surface area contributed by atoms with Gasteiger partial charge in [0.15, 0.2) is 25.2 Å². The predicted octanol–water partition coefficient (Wildman–Crippen LogP) is 23.5. The zero-order chi connectivity index (χ0) is 98.4. The molecule has 21 nitrogen and oxygen atoms in total. The Labute approximate surface area is 847 Å². The summed E-state index contributed by atoms with van der Waals surface area (Å²) in [5.41, 5.74) is 6.74. The molecule has 1 amide bonds. The molecule has 20 fully saturated rings. The van der Waals surface area contributed by atoms with Crippen molar-refractivity contribution in [1.82, 2.24) is 20.0 Å². The summed E-state index contributed by atoms with van der Waals surface area (Å²) in [4.78, 5) is 30.5. The molecule has 20 rings (SSSR count). The second-order valence-electron chi connectivity index (χ2n) is 52.1. The van der Waals surface area contributed by atoms with Crippen LogP contribution in [0.5, 0.6) is 0 Å². The van der Waals surface area contributed by atoms with E-state index in [2.05, 4.69) is 96.8 Å². The van der Waals surface area contributed by atoms with Crippen molar-refractivity contribution in [2.24, 2.45) is 114 Å². The SMILES string of the molecule is C=C1CCC2[C@]3(C)CO[C@@H](C4CCCC4)O[C@@H]3CC[C@@]2(C)[C@@H]1CCOC1CCN(C(=O)OC(C)(C)C)CC1.C=C1CCC2[C@]3(C)CO[C@@H](C4CCCC4)O[C@@H]3CC[C@@]2(C)[C@@H]1CCOC1CCN(CC(=O)OCC)CC1.C=C1CCC2[C@]3(C)CO[C@@H](C4CCCC4)O[C@@H]3CC[C@@]2(C)[C@@H]1CCOC1CCN(CCO)CC1.C=C1CCC2[C@]3(C)CO[C@@H](C4CCCC4)O[C@@H]3CC[C@@]2(C)[C@@H]1CCOC1CCNCC1. The molecule has 2 N–H and O–H groups in total. The Bertz CT molecular complexity index is 4000. The summed E-state index contributed by atoms with van der Waals surface area (Å²) in [6, 6.07) is 0. The van der Waals surface area contributed by atoms with Crippen molar-refractivity contribution in [1.29, 1.82) is 0 Å².